The molecule has 1 amide bonds. The van der Waals surface area contributed by atoms with Gasteiger partial charge in [-0.15, -0.1) is 0 Å². The van der Waals surface area contributed by atoms with E-state index >= 15 is 0 Å². The molecule has 2 aromatic rings. The summed E-state index contributed by atoms with van der Waals surface area (Å²) >= 11 is 0. The Morgan fingerprint density at radius 3 is 2.71 bits per heavy atom. The molecule has 1 unspecified atom stereocenters. The monoisotopic (exact) mass is 284 g/mol. The van der Waals surface area contributed by atoms with Gasteiger partial charge in [-0.05, 0) is 38.1 Å². The number of para-hydroxylation sites is 1. The Morgan fingerprint density at radius 2 is 2.00 bits per heavy atom. The molecule has 0 radical (unpaired) electrons. The molecule has 0 aliphatic rings. The van der Waals surface area contributed by atoms with Crippen LogP contribution in [0.15, 0.2) is 48.5 Å². The van der Waals surface area contributed by atoms with Crippen molar-refractivity contribution in [1.29, 1.82) is 0 Å². The SMILES string of the molecule is CCOc1ccccc1C(C)Nc1cccc(C(N)=O)c1. The topological polar surface area (TPSA) is 64.3 Å². The zero-order valence-corrected chi connectivity index (χ0v) is 12.3. The Morgan fingerprint density at radius 1 is 1.24 bits per heavy atom. The zero-order valence-electron chi connectivity index (χ0n) is 12.3. The highest BCUT2D eigenvalue weighted by atomic mass is 16.5. The fourth-order valence-electron chi connectivity index (χ4n) is 2.22. The molecule has 0 spiro atoms. The van der Waals surface area contributed by atoms with Crippen LogP contribution in [0.2, 0.25) is 0 Å². The fourth-order valence-corrected chi connectivity index (χ4v) is 2.22. The molecule has 0 aromatic heterocycles. The molecule has 3 N–H and O–H groups in total. The number of amides is 1. The van der Waals surface area contributed by atoms with Crippen molar-refractivity contribution in [3.8, 4) is 5.75 Å². The maximum absolute atomic E-state index is 11.2. The second kappa shape index (κ2) is 6.79. The second-order valence-corrected chi connectivity index (χ2v) is 4.78. The molecule has 21 heavy (non-hydrogen) atoms. The normalized spacial score (nSPS) is 11.7. The van der Waals surface area contributed by atoms with E-state index in [0.29, 0.717) is 12.2 Å². The van der Waals surface area contributed by atoms with E-state index in [4.69, 9.17) is 10.5 Å². The van der Waals surface area contributed by atoms with E-state index in [1.54, 1.807) is 12.1 Å². The second-order valence-electron chi connectivity index (χ2n) is 4.78. The van der Waals surface area contributed by atoms with Crippen molar-refractivity contribution < 1.29 is 9.53 Å². The van der Waals surface area contributed by atoms with Crippen molar-refractivity contribution >= 4 is 11.6 Å². The van der Waals surface area contributed by atoms with Crippen LogP contribution in [0.3, 0.4) is 0 Å². The van der Waals surface area contributed by atoms with Crippen LogP contribution in [0.4, 0.5) is 5.69 Å². The summed E-state index contributed by atoms with van der Waals surface area (Å²) in [6.07, 6.45) is 0. The molecule has 0 saturated heterocycles. The molecule has 0 aliphatic carbocycles. The smallest absolute Gasteiger partial charge is 0.248 e. The van der Waals surface area contributed by atoms with E-state index in [1.807, 2.05) is 43.3 Å². The average Bonchev–Trinajstić information content (AvgIpc) is 2.48. The van der Waals surface area contributed by atoms with Crippen LogP contribution < -0.4 is 15.8 Å². The van der Waals surface area contributed by atoms with Gasteiger partial charge in [0.15, 0.2) is 0 Å². The highest BCUT2D eigenvalue weighted by molar-refractivity contribution is 5.93. The van der Waals surface area contributed by atoms with Gasteiger partial charge in [0.1, 0.15) is 5.75 Å². The number of nitrogens with one attached hydrogen (secondary N) is 1. The lowest BCUT2D eigenvalue weighted by Gasteiger charge is -2.19. The summed E-state index contributed by atoms with van der Waals surface area (Å²) in [6, 6.07) is 15.1. The molecule has 0 fully saturated rings. The van der Waals surface area contributed by atoms with E-state index in [1.165, 1.54) is 0 Å². The molecule has 1 atom stereocenters. The van der Waals surface area contributed by atoms with Gasteiger partial charge in [-0.3, -0.25) is 4.79 Å². The minimum absolute atomic E-state index is 0.0517. The number of ether oxygens (including phenoxy) is 1. The summed E-state index contributed by atoms with van der Waals surface area (Å²) in [5.74, 6) is 0.437. The summed E-state index contributed by atoms with van der Waals surface area (Å²) in [7, 11) is 0. The third-order valence-corrected chi connectivity index (χ3v) is 3.22. The predicted molar refractivity (Wildman–Crippen MR) is 84.6 cm³/mol. The van der Waals surface area contributed by atoms with Crippen LogP contribution in [0, 0.1) is 0 Å². The fraction of sp³-hybridized carbons (Fsp3) is 0.235. The van der Waals surface area contributed by atoms with E-state index < -0.39 is 5.91 Å². The van der Waals surface area contributed by atoms with Crippen LogP contribution in [-0.2, 0) is 0 Å². The number of primary amides is 1. The number of carbonyl (C=O) groups is 1. The quantitative estimate of drug-likeness (QED) is 0.855. The molecule has 2 rings (SSSR count). The molecule has 0 heterocycles. The van der Waals surface area contributed by atoms with Gasteiger partial charge in [0.2, 0.25) is 5.91 Å². The van der Waals surface area contributed by atoms with E-state index in [-0.39, 0.29) is 6.04 Å². The van der Waals surface area contributed by atoms with Crippen LogP contribution in [0.5, 0.6) is 5.75 Å². The number of rotatable bonds is 6. The summed E-state index contributed by atoms with van der Waals surface area (Å²) in [4.78, 5) is 11.2. The number of hydrogen-bond donors (Lipinski definition) is 2. The summed E-state index contributed by atoms with van der Waals surface area (Å²) in [5.41, 5.74) is 7.72. The number of benzene rings is 2. The molecule has 4 heteroatoms. The molecular weight excluding hydrogens is 264 g/mol. The molecule has 4 nitrogen and oxygen atoms in total. The van der Waals surface area contributed by atoms with Crippen LogP contribution >= 0.6 is 0 Å². The Bertz CT molecular complexity index is 626. The van der Waals surface area contributed by atoms with Crippen molar-refractivity contribution in [3.63, 3.8) is 0 Å². The van der Waals surface area contributed by atoms with Gasteiger partial charge < -0.3 is 15.8 Å². The Hall–Kier alpha value is -2.49. The average molecular weight is 284 g/mol. The summed E-state index contributed by atoms with van der Waals surface area (Å²) in [6.45, 7) is 4.64. The van der Waals surface area contributed by atoms with Crippen molar-refractivity contribution in [2.24, 2.45) is 5.73 Å². The minimum atomic E-state index is -0.430. The van der Waals surface area contributed by atoms with Crippen molar-refractivity contribution in [2.45, 2.75) is 19.9 Å². The van der Waals surface area contributed by atoms with Gasteiger partial charge in [-0.25, -0.2) is 0 Å². The summed E-state index contributed by atoms with van der Waals surface area (Å²) < 4.78 is 5.64. The number of anilines is 1. The van der Waals surface area contributed by atoms with Gasteiger partial charge in [-0.2, -0.15) is 0 Å². The van der Waals surface area contributed by atoms with E-state index in [0.717, 1.165) is 17.0 Å². The lowest BCUT2D eigenvalue weighted by Crippen LogP contribution is -2.12. The largest absolute Gasteiger partial charge is 0.494 e. The maximum Gasteiger partial charge on any atom is 0.248 e. The summed E-state index contributed by atoms with van der Waals surface area (Å²) in [5, 5.41) is 3.36. The standard InChI is InChI=1S/C17H20N2O2/c1-3-21-16-10-5-4-9-15(16)12(2)19-14-8-6-7-13(11-14)17(18)20/h4-12,19H,3H2,1-2H3,(H2,18,20). The first-order valence-corrected chi connectivity index (χ1v) is 7.00. The van der Waals surface area contributed by atoms with Gasteiger partial charge in [0.05, 0.1) is 12.6 Å². The maximum atomic E-state index is 11.2. The number of nitrogens with two attached hydrogens (primary N) is 1. The minimum Gasteiger partial charge on any atom is -0.494 e. The number of carbonyl (C=O) groups excluding carboxylic acids is 1. The van der Waals surface area contributed by atoms with Gasteiger partial charge in [0, 0.05) is 16.8 Å². The first-order valence-electron chi connectivity index (χ1n) is 7.00. The van der Waals surface area contributed by atoms with Crippen molar-refractivity contribution in [2.75, 3.05) is 11.9 Å². The van der Waals surface area contributed by atoms with Gasteiger partial charge in [-0.1, -0.05) is 24.3 Å². The lowest BCUT2D eigenvalue weighted by atomic mass is 10.1. The predicted octanol–water partition coefficient (Wildman–Crippen LogP) is 3.36. The zero-order chi connectivity index (χ0) is 15.2. The molecule has 110 valence electrons. The molecule has 0 aliphatic heterocycles. The third kappa shape index (κ3) is 3.75. The Labute approximate surface area is 124 Å². The van der Waals surface area contributed by atoms with Crippen molar-refractivity contribution in [3.05, 3.63) is 59.7 Å². The van der Waals surface area contributed by atoms with Crippen LogP contribution in [-0.4, -0.2) is 12.5 Å². The van der Waals surface area contributed by atoms with Gasteiger partial charge in [0.25, 0.3) is 0 Å². The van der Waals surface area contributed by atoms with E-state index in [2.05, 4.69) is 12.2 Å². The highest BCUT2D eigenvalue weighted by Gasteiger charge is 2.11. The van der Waals surface area contributed by atoms with Gasteiger partial charge >= 0.3 is 0 Å². The Balaban J connectivity index is 2.20. The van der Waals surface area contributed by atoms with Crippen LogP contribution in [0.1, 0.15) is 35.8 Å². The molecule has 0 saturated carbocycles. The van der Waals surface area contributed by atoms with Crippen molar-refractivity contribution in [1.82, 2.24) is 0 Å². The molecular formula is C17H20N2O2. The van der Waals surface area contributed by atoms with Crippen LogP contribution in [0.25, 0.3) is 0 Å². The third-order valence-electron chi connectivity index (χ3n) is 3.22. The first-order chi connectivity index (χ1) is 10.1. The van der Waals surface area contributed by atoms with E-state index in [9.17, 15) is 4.79 Å². The first kappa shape index (κ1) is 14.9. The molecule has 0 bridgehead atoms. The number of hydrogen-bond acceptors (Lipinski definition) is 3. The lowest BCUT2D eigenvalue weighted by molar-refractivity contribution is 0.100. The Kier molecular flexibility index (Phi) is 4.82. The highest BCUT2D eigenvalue weighted by Crippen LogP contribution is 2.27. The molecule has 2 aromatic carbocycles.